The molecule has 46 heavy (non-hydrogen) atoms. The Bertz CT molecular complexity index is 1790. The molecule has 10 heteroatoms. The lowest BCUT2D eigenvalue weighted by atomic mass is 9.88. The van der Waals surface area contributed by atoms with Gasteiger partial charge >= 0.3 is 0 Å². The van der Waals surface area contributed by atoms with Gasteiger partial charge in [-0.1, -0.05) is 24.3 Å². The van der Waals surface area contributed by atoms with E-state index in [4.69, 9.17) is 37.9 Å². The van der Waals surface area contributed by atoms with Crippen LogP contribution in [-0.2, 0) is 0 Å². The molecule has 6 rings (SSSR count). The van der Waals surface area contributed by atoms with Crippen LogP contribution in [0.25, 0.3) is 11.1 Å². The third-order valence-corrected chi connectivity index (χ3v) is 8.34. The molecule has 2 aliphatic heterocycles. The first-order valence-electron chi connectivity index (χ1n) is 14.6. The van der Waals surface area contributed by atoms with Gasteiger partial charge in [0.2, 0.25) is 0 Å². The van der Waals surface area contributed by atoms with Crippen molar-refractivity contribution in [3.63, 3.8) is 0 Å². The minimum absolute atomic E-state index is 0.0772. The summed E-state index contributed by atoms with van der Waals surface area (Å²) in [6.45, 7) is 0. The van der Waals surface area contributed by atoms with E-state index >= 15 is 0 Å². The van der Waals surface area contributed by atoms with Gasteiger partial charge in [0.15, 0.2) is 11.6 Å². The predicted octanol–water partition coefficient (Wildman–Crippen LogP) is 6.82. The maximum absolute atomic E-state index is 13.9. The van der Waals surface area contributed by atoms with Crippen LogP contribution in [0.5, 0.6) is 46.0 Å². The normalized spacial score (nSPS) is 16.7. The second kappa shape index (κ2) is 12.5. The molecule has 0 saturated carbocycles. The van der Waals surface area contributed by atoms with Crippen molar-refractivity contribution in [1.82, 2.24) is 0 Å². The SMILES string of the molecule is COc1ccc(C2CC(=O)c3c(cc(OC)c(-c4c(OC)cc(OC)c5c4OC(c4ccc(OC)cc4)CC5=O)c3OC)O2)cc1. The molecule has 0 aliphatic carbocycles. The van der Waals surface area contributed by atoms with E-state index in [1.165, 1.54) is 28.4 Å². The minimum atomic E-state index is -0.619. The summed E-state index contributed by atoms with van der Waals surface area (Å²) in [5.74, 6) is 2.72. The Morgan fingerprint density at radius 3 is 1.50 bits per heavy atom. The average molecular weight is 627 g/mol. The first-order chi connectivity index (χ1) is 22.3. The van der Waals surface area contributed by atoms with E-state index in [1.807, 2.05) is 48.5 Å². The Morgan fingerprint density at radius 2 is 1.00 bits per heavy atom. The van der Waals surface area contributed by atoms with Gasteiger partial charge in [0.25, 0.3) is 0 Å². The minimum Gasteiger partial charge on any atom is -0.497 e. The standard InChI is InChI=1S/C36H34O10/c1-39-21-11-7-19(8-12-21)25-15-24(38)32-30(45-25)18-29(43-5)33(35(32)44-6)34-28(42-4)17-27(41-3)31-23(37)16-26(46-36(31)34)20-9-13-22(40-2)14-10-20/h7-14,17-18,25-26H,15-16H2,1-6H3. The van der Waals surface area contributed by atoms with E-state index in [0.717, 1.165) is 11.1 Å². The molecule has 10 nitrogen and oxygen atoms in total. The number of ether oxygens (including phenoxy) is 8. The van der Waals surface area contributed by atoms with Crippen LogP contribution in [0.1, 0.15) is 56.9 Å². The molecule has 0 radical (unpaired) electrons. The van der Waals surface area contributed by atoms with Gasteiger partial charge in [-0.2, -0.15) is 0 Å². The molecular formula is C36H34O10. The molecule has 0 bridgehead atoms. The van der Waals surface area contributed by atoms with Gasteiger partial charge in [0.1, 0.15) is 69.3 Å². The molecule has 4 aromatic carbocycles. The second-order valence-corrected chi connectivity index (χ2v) is 10.7. The lowest BCUT2D eigenvalue weighted by Crippen LogP contribution is -2.23. The van der Waals surface area contributed by atoms with E-state index in [2.05, 4.69) is 0 Å². The fourth-order valence-corrected chi connectivity index (χ4v) is 6.05. The molecule has 0 aromatic heterocycles. The molecule has 0 saturated heterocycles. The van der Waals surface area contributed by atoms with Crippen LogP contribution in [0.15, 0.2) is 60.7 Å². The predicted molar refractivity (Wildman–Crippen MR) is 169 cm³/mol. The van der Waals surface area contributed by atoms with Gasteiger partial charge in [-0.3, -0.25) is 9.59 Å². The van der Waals surface area contributed by atoms with Crippen LogP contribution in [0, 0.1) is 0 Å². The van der Waals surface area contributed by atoms with Gasteiger partial charge in [0, 0.05) is 12.1 Å². The van der Waals surface area contributed by atoms with Crippen LogP contribution in [0.3, 0.4) is 0 Å². The number of carbonyl (C=O) groups is 2. The van der Waals surface area contributed by atoms with Gasteiger partial charge in [-0.05, 0) is 35.4 Å². The van der Waals surface area contributed by atoms with Crippen molar-refractivity contribution in [2.45, 2.75) is 25.0 Å². The summed E-state index contributed by atoms with van der Waals surface area (Å²) < 4.78 is 46.9. The monoisotopic (exact) mass is 626 g/mol. The Hall–Kier alpha value is -5.38. The molecule has 2 aliphatic rings. The number of hydrogen-bond donors (Lipinski definition) is 0. The number of Topliss-reactive ketones (excluding diaryl/α,β-unsaturated/α-hetero) is 2. The molecule has 2 unspecified atom stereocenters. The van der Waals surface area contributed by atoms with Crippen molar-refractivity contribution in [3.05, 3.63) is 82.9 Å². The summed E-state index contributed by atoms with van der Waals surface area (Å²) in [5, 5.41) is 0. The van der Waals surface area contributed by atoms with Crippen molar-refractivity contribution in [2.75, 3.05) is 42.7 Å². The number of hydrogen-bond acceptors (Lipinski definition) is 10. The second-order valence-electron chi connectivity index (χ2n) is 10.7. The van der Waals surface area contributed by atoms with Crippen LogP contribution in [-0.4, -0.2) is 54.2 Å². The fraction of sp³-hybridized carbons (Fsp3) is 0.278. The summed E-state index contributed by atoms with van der Waals surface area (Å²) in [6, 6.07) is 18.0. The van der Waals surface area contributed by atoms with Crippen molar-refractivity contribution < 1.29 is 47.5 Å². The van der Waals surface area contributed by atoms with Crippen molar-refractivity contribution in [1.29, 1.82) is 0 Å². The quantitative estimate of drug-likeness (QED) is 0.196. The highest BCUT2D eigenvalue weighted by Gasteiger charge is 2.40. The van der Waals surface area contributed by atoms with E-state index in [0.29, 0.717) is 45.6 Å². The zero-order valence-electron chi connectivity index (χ0n) is 26.4. The third kappa shape index (κ3) is 5.19. The molecule has 2 heterocycles. The molecule has 2 atom stereocenters. The van der Waals surface area contributed by atoms with Crippen LogP contribution < -0.4 is 37.9 Å². The molecular weight excluding hydrogens is 592 g/mol. The lowest BCUT2D eigenvalue weighted by molar-refractivity contribution is 0.0833. The molecule has 4 aromatic rings. The summed E-state index contributed by atoms with van der Waals surface area (Å²) in [4.78, 5) is 27.7. The molecule has 0 amide bonds. The average Bonchev–Trinajstić information content (AvgIpc) is 3.09. The van der Waals surface area contributed by atoms with E-state index in [9.17, 15) is 9.59 Å². The number of fused-ring (bicyclic) bond motifs is 2. The van der Waals surface area contributed by atoms with E-state index < -0.39 is 12.2 Å². The van der Waals surface area contributed by atoms with Crippen molar-refractivity contribution >= 4 is 11.6 Å². The summed E-state index contributed by atoms with van der Waals surface area (Å²) in [7, 11) is 9.14. The van der Waals surface area contributed by atoms with Gasteiger partial charge in [-0.25, -0.2) is 0 Å². The molecule has 0 N–H and O–H groups in total. The number of rotatable bonds is 9. The van der Waals surface area contributed by atoms with Crippen LogP contribution in [0.4, 0.5) is 0 Å². The third-order valence-electron chi connectivity index (χ3n) is 8.34. The number of ketones is 2. The molecule has 238 valence electrons. The highest BCUT2D eigenvalue weighted by Crippen LogP contribution is 2.57. The first kappa shape index (κ1) is 30.6. The Morgan fingerprint density at radius 1 is 0.522 bits per heavy atom. The van der Waals surface area contributed by atoms with Crippen molar-refractivity contribution in [3.8, 4) is 57.1 Å². The highest BCUT2D eigenvalue weighted by atomic mass is 16.5. The van der Waals surface area contributed by atoms with Crippen LogP contribution >= 0.6 is 0 Å². The number of carbonyl (C=O) groups excluding carboxylic acids is 2. The van der Waals surface area contributed by atoms with Gasteiger partial charge < -0.3 is 37.9 Å². The smallest absolute Gasteiger partial charge is 0.174 e. The molecule has 0 spiro atoms. The maximum Gasteiger partial charge on any atom is 0.174 e. The number of methoxy groups -OCH3 is 6. The van der Waals surface area contributed by atoms with Crippen LogP contribution in [0.2, 0.25) is 0 Å². The number of benzene rings is 4. The highest BCUT2D eigenvalue weighted by molar-refractivity contribution is 6.09. The molecule has 0 fully saturated rings. The maximum atomic E-state index is 13.9. The fourth-order valence-electron chi connectivity index (χ4n) is 6.05. The topological polar surface area (TPSA) is 108 Å². The Labute approximate surface area is 266 Å². The van der Waals surface area contributed by atoms with E-state index in [-0.39, 0.29) is 47.0 Å². The zero-order valence-corrected chi connectivity index (χ0v) is 26.4. The van der Waals surface area contributed by atoms with Crippen molar-refractivity contribution in [2.24, 2.45) is 0 Å². The van der Waals surface area contributed by atoms with Gasteiger partial charge in [0.05, 0.1) is 66.6 Å². The zero-order chi connectivity index (χ0) is 32.5. The summed E-state index contributed by atoms with van der Waals surface area (Å²) in [6.07, 6.45) is -0.987. The largest absolute Gasteiger partial charge is 0.497 e. The van der Waals surface area contributed by atoms with Gasteiger partial charge in [-0.15, -0.1) is 0 Å². The first-order valence-corrected chi connectivity index (χ1v) is 14.6. The lowest BCUT2D eigenvalue weighted by Gasteiger charge is -2.32. The summed E-state index contributed by atoms with van der Waals surface area (Å²) in [5.41, 5.74) is 2.87. The van der Waals surface area contributed by atoms with E-state index in [1.54, 1.807) is 26.4 Å². The Kier molecular flexibility index (Phi) is 8.36. The Balaban J connectivity index is 1.53. The summed E-state index contributed by atoms with van der Waals surface area (Å²) >= 11 is 0.